The van der Waals surface area contributed by atoms with Crippen LogP contribution >= 0.6 is 11.8 Å². The Labute approximate surface area is 138 Å². The number of nitro groups is 1. The molecule has 120 valence electrons. The third-order valence-electron chi connectivity index (χ3n) is 3.17. The van der Waals surface area contributed by atoms with Crippen LogP contribution in [0.25, 0.3) is 0 Å². The van der Waals surface area contributed by atoms with Crippen LogP contribution in [0.3, 0.4) is 0 Å². The van der Waals surface area contributed by atoms with Crippen molar-refractivity contribution in [2.45, 2.75) is 4.90 Å². The molecule has 0 aliphatic carbocycles. The van der Waals surface area contributed by atoms with Gasteiger partial charge >= 0.3 is 0 Å². The molecule has 0 saturated heterocycles. The number of hydrogen-bond donors (Lipinski definition) is 2. The SMILES string of the molecule is CSc1ccc(C(=O)NCCNc2ccc([N+](=O)[O-])cc2)cc1. The molecule has 0 radical (unpaired) electrons. The highest BCUT2D eigenvalue weighted by Gasteiger charge is 2.05. The van der Waals surface area contributed by atoms with Crippen molar-refractivity contribution in [3.8, 4) is 0 Å². The van der Waals surface area contributed by atoms with Gasteiger partial charge in [-0.1, -0.05) is 0 Å². The minimum atomic E-state index is -0.438. The maximum atomic E-state index is 12.0. The Morgan fingerprint density at radius 1 is 1.09 bits per heavy atom. The topological polar surface area (TPSA) is 84.3 Å². The van der Waals surface area contributed by atoms with Gasteiger partial charge in [0.1, 0.15) is 0 Å². The summed E-state index contributed by atoms with van der Waals surface area (Å²) >= 11 is 1.63. The van der Waals surface area contributed by atoms with Gasteiger partial charge < -0.3 is 10.6 Å². The van der Waals surface area contributed by atoms with Gasteiger partial charge in [0.25, 0.3) is 11.6 Å². The maximum Gasteiger partial charge on any atom is 0.269 e. The molecule has 0 saturated carbocycles. The van der Waals surface area contributed by atoms with Gasteiger partial charge in [0.15, 0.2) is 0 Å². The summed E-state index contributed by atoms with van der Waals surface area (Å²) in [6.45, 7) is 0.993. The Kier molecular flexibility index (Phi) is 5.99. The average Bonchev–Trinajstić information content (AvgIpc) is 2.59. The third-order valence-corrected chi connectivity index (χ3v) is 3.91. The molecule has 0 atom stereocenters. The van der Waals surface area contributed by atoms with Crippen LogP contribution in [0.4, 0.5) is 11.4 Å². The molecule has 6 nitrogen and oxygen atoms in total. The molecule has 0 unspecified atom stereocenters. The number of hydrogen-bond acceptors (Lipinski definition) is 5. The molecule has 0 bridgehead atoms. The summed E-state index contributed by atoms with van der Waals surface area (Å²) in [5, 5.41) is 16.5. The summed E-state index contributed by atoms with van der Waals surface area (Å²) in [6.07, 6.45) is 1.99. The van der Waals surface area contributed by atoms with E-state index in [9.17, 15) is 14.9 Å². The fraction of sp³-hybridized carbons (Fsp3) is 0.188. The van der Waals surface area contributed by atoms with Crippen molar-refractivity contribution in [3.63, 3.8) is 0 Å². The first-order valence-corrected chi connectivity index (χ1v) is 8.23. The fourth-order valence-corrected chi connectivity index (χ4v) is 2.34. The molecule has 7 heteroatoms. The van der Waals surface area contributed by atoms with E-state index in [0.29, 0.717) is 18.7 Å². The lowest BCUT2D eigenvalue weighted by Crippen LogP contribution is -2.28. The van der Waals surface area contributed by atoms with E-state index in [4.69, 9.17) is 0 Å². The molecular formula is C16H17N3O3S. The molecule has 2 N–H and O–H groups in total. The van der Waals surface area contributed by atoms with Crippen LogP contribution in [0.15, 0.2) is 53.4 Å². The van der Waals surface area contributed by atoms with Gasteiger partial charge in [-0.3, -0.25) is 14.9 Å². The highest BCUT2D eigenvalue weighted by atomic mass is 32.2. The Morgan fingerprint density at radius 3 is 2.30 bits per heavy atom. The number of rotatable bonds is 7. The van der Waals surface area contributed by atoms with Crippen LogP contribution in [-0.2, 0) is 0 Å². The second-order valence-electron chi connectivity index (χ2n) is 4.72. The molecule has 0 aromatic heterocycles. The predicted octanol–water partition coefficient (Wildman–Crippen LogP) is 3.16. The van der Waals surface area contributed by atoms with Crippen molar-refractivity contribution >= 4 is 29.0 Å². The summed E-state index contributed by atoms with van der Waals surface area (Å²) < 4.78 is 0. The number of carbonyl (C=O) groups excluding carboxylic acids is 1. The lowest BCUT2D eigenvalue weighted by molar-refractivity contribution is -0.384. The second-order valence-corrected chi connectivity index (χ2v) is 5.59. The van der Waals surface area contributed by atoms with Crippen LogP contribution in [0, 0.1) is 10.1 Å². The summed E-state index contributed by atoms with van der Waals surface area (Å²) in [6, 6.07) is 13.6. The summed E-state index contributed by atoms with van der Waals surface area (Å²) in [5.41, 5.74) is 1.45. The van der Waals surface area contributed by atoms with Gasteiger partial charge in [0.2, 0.25) is 0 Å². The summed E-state index contributed by atoms with van der Waals surface area (Å²) in [7, 11) is 0. The quantitative estimate of drug-likeness (QED) is 0.352. The van der Waals surface area contributed by atoms with Gasteiger partial charge in [-0.05, 0) is 42.7 Å². The van der Waals surface area contributed by atoms with E-state index < -0.39 is 4.92 Å². The minimum absolute atomic E-state index is 0.0533. The molecule has 1 amide bonds. The molecule has 2 aromatic rings. The first-order chi connectivity index (χ1) is 11.1. The van der Waals surface area contributed by atoms with Crippen molar-refractivity contribution in [3.05, 3.63) is 64.2 Å². The predicted molar refractivity (Wildman–Crippen MR) is 92.1 cm³/mol. The zero-order chi connectivity index (χ0) is 16.7. The Balaban J connectivity index is 1.75. The van der Waals surface area contributed by atoms with Crippen molar-refractivity contribution in [2.24, 2.45) is 0 Å². The lowest BCUT2D eigenvalue weighted by atomic mass is 10.2. The van der Waals surface area contributed by atoms with E-state index in [1.807, 2.05) is 18.4 Å². The van der Waals surface area contributed by atoms with Gasteiger partial charge in [0.05, 0.1) is 4.92 Å². The molecule has 0 fully saturated rings. The summed E-state index contributed by atoms with van der Waals surface area (Å²) in [4.78, 5) is 23.2. The van der Waals surface area contributed by atoms with Crippen molar-refractivity contribution in [1.29, 1.82) is 0 Å². The highest BCUT2D eigenvalue weighted by molar-refractivity contribution is 7.98. The first-order valence-electron chi connectivity index (χ1n) is 7.01. The molecule has 2 rings (SSSR count). The molecular weight excluding hydrogens is 314 g/mol. The average molecular weight is 331 g/mol. The van der Waals surface area contributed by atoms with E-state index in [2.05, 4.69) is 10.6 Å². The zero-order valence-electron chi connectivity index (χ0n) is 12.6. The molecule has 23 heavy (non-hydrogen) atoms. The van der Waals surface area contributed by atoms with Crippen LogP contribution in [0.1, 0.15) is 10.4 Å². The van der Waals surface area contributed by atoms with E-state index in [0.717, 1.165) is 10.6 Å². The number of nitro benzene ring substituents is 1. The van der Waals surface area contributed by atoms with Gasteiger partial charge in [0, 0.05) is 41.4 Å². The van der Waals surface area contributed by atoms with Gasteiger partial charge in [-0.25, -0.2) is 0 Å². The number of thioether (sulfide) groups is 1. The minimum Gasteiger partial charge on any atom is -0.383 e. The number of benzene rings is 2. The zero-order valence-corrected chi connectivity index (χ0v) is 13.4. The fourth-order valence-electron chi connectivity index (χ4n) is 1.93. The van der Waals surface area contributed by atoms with Crippen LogP contribution in [0.5, 0.6) is 0 Å². The van der Waals surface area contributed by atoms with Crippen LogP contribution in [0.2, 0.25) is 0 Å². The monoisotopic (exact) mass is 331 g/mol. The van der Waals surface area contributed by atoms with Crippen molar-refractivity contribution < 1.29 is 9.72 Å². The lowest BCUT2D eigenvalue weighted by Gasteiger charge is -2.08. The second kappa shape index (κ2) is 8.19. The Bertz CT molecular complexity index is 672. The van der Waals surface area contributed by atoms with E-state index in [1.165, 1.54) is 12.1 Å². The van der Waals surface area contributed by atoms with Gasteiger partial charge in [-0.15, -0.1) is 11.8 Å². The molecule has 0 aliphatic rings. The third kappa shape index (κ3) is 5.00. The smallest absolute Gasteiger partial charge is 0.269 e. The normalized spacial score (nSPS) is 10.1. The van der Waals surface area contributed by atoms with Crippen LogP contribution in [-0.4, -0.2) is 30.2 Å². The van der Waals surface area contributed by atoms with Crippen molar-refractivity contribution in [1.82, 2.24) is 5.32 Å². The maximum absolute atomic E-state index is 12.0. The molecule has 0 heterocycles. The van der Waals surface area contributed by atoms with E-state index >= 15 is 0 Å². The standard InChI is InChI=1S/C16H17N3O3S/c1-23-15-8-2-12(3-9-15)16(20)18-11-10-17-13-4-6-14(7-5-13)19(21)22/h2-9,17H,10-11H2,1H3,(H,18,20). The number of carbonyl (C=O) groups is 1. The van der Waals surface area contributed by atoms with E-state index in [-0.39, 0.29) is 11.6 Å². The van der Waals surface area contributed by atoms with Crippen molar-refractivity contribution in [2.75, 3.05) is 24.7 Å². The van der Waals surface area contributed by atoms with E-state index in [1.54, 1.807) is 36.0 Å². The van der Waals surface area contributed by atoms with Crippen LogP contribution < -0.4 is 10.6 Å². The Hall–Kier alpha value is -2.54. The van der Waals surface area contributed by atoms with Gasteiger partial charge in [-0.2, -0.15) is 0 Å². The number of amides is 1. The number of non-ortho nitro benzene ring substituents is 1. The number of nitrogens with zero attached hydrogens (tertiary/aromatic N) is 1. The molecule has 0 aliphatic heterocycles. The largest absolute Gasteiger partial charge is 0.383 e. The summed E-state index contributed by atoms with van der Waals surface area (Å²) in [5.74, 6) is -0.122. The molecule has 0 spiro atoms. The Morgan fingerprint density at radius 2 is 1.74 bits per heavy atom. The number of nitrogens with one attached hydrogen (secondary N) is 2. The highest BCUT2D eigenvalue weighted by Crippen LogP contribution is 2.15. The number of anilines is 1. The first kappa shape index (κ1) is 16.8. The molecule has 2 aromatic carbocycles.